The lowest BCUT2D eigenvalue weighted by atomic mass is 10.1. The first-order valence-corrected chi connectivity index (χ1v) is 10.8. The van der Waals surface area contributed by atoms with E-state index in [1.165, 1.54) is 12.1 Å². The lowest BCUT2D eigenvalue weighted by molar-refractivity contribution is -0.138. The highest BCUT2D eigenvalue weighted by Crippen LogP contribution is 2.35. The number of halogens is 3. The van der Waals surface area contributed by atoms with Gasteiger partial charge in [-0.2, -0.15) is 13.2 Å². The van der Waals surface area contributed by atoms with Gasteiger partial charge in [-0.3, -0.25) is 4.79 Å². The van der Waals surface area contributed by atoms with Crippen molar-refractivity contribution in [3.05, 3.63) is 53.6 Å². The molecule has 0 saturated carbocycles. The van der Waals surface area contributed by atoms with Gasteiger partial charge >= 0.3 is 6.18 Å². The Kier molecular flexibility index (Phi) is 7.03. The van der Waals surface area contributed by atoms with Crippen molar-refractivity contribution in [3.63, 3.8) is 0 Å². The topological polar surface area (TPSA) is 97.6 Å². The first kappa shape index (κ1) is 23.7. The molecule has 0 aliphatic carbocycles. The number of aliphatic hydroxyl groups excluding tert-OH is 1. The molecule has 11 heteroatoms. The zero-order valence-corrected chi connectivity index (χ0v) is 18.1. The van der Waals surface area contributed by atoms with Crippen LogP contribution in [-0.4, -0.2) is 57.6 Å². The number of aryl methyl sites for hydroxylation is 1. The molecule has 0 spiro atoms. The quantitative estimate of drug-likeness (QED) is 0.544. The molecule has 1 aromatic carbocycles. The van der Waals surface area contributed by atoms with Gasteiger partial charge in [-0.1, -0.05) is 18.2 Å². The fourth-order valence-corrected chi connectivity index (χ4v) is 4.33. The van der Waals surface area contributed by atoms with Crippen LogP contribution < -0.4 is 10.6 Å². The summed E-state index contributed by atoms with van der Waals surface area (Å²) in [7, 11) is 1.84. The number of alkyl halides is 3. The number of rotatable bonds is 8. The van der Waals surface area contributed by atoms with Crippen molar-refractivity contribution in [2.24, 2.45) is 7.05 Å². The van der Waals surface area contributed by atoms with Crippen LogP contribution in [-0.2, 0) is 40.6 Å². The molecule has 0 radical (unpaired) electrons. The van der Waals surface area contributed by atoms with E-state index >= 15 is 0 Å². The van der Waals surface area contributed by atoms with Crippen molar-refractivity contribution in [1.82, 2.24) is 20.2 Å². The Labute approximate surface area is 189 Å². The van der Waals surface area contributed by atoms with E-state index in [9.17, 15) is 23.1 Å². The highest BCUT2D eigenvalue weighted by molar-refractivity contribution is 5.76. The summed E-state index contributed by atoms with van der Waals surface area (Å²) in [5.74, 6) is 0.554. The SMILES string of the molecule is Cn1ccnc1CNC(=O)C[C@@H]1C[C@H]2O[C@H](CNCc3ccccc3C(F)(F)F)[C@@H](O)[C@H]2O1. The van der Waals surface area contributed by atoms with Crippen molar-refractivity contribution in [3.8, 4) is 0 Å². The van der Waals surface area contributed by atoms with Crippen molar-refractivity contribution < 1.29 is 32.5 Å². The Balaban J connectivity index is 1.21. The van der Waals surface area contributed by atoms with Crippen LogP contribution in [0.15, 0.2) is 36.7 Å². The molecule has 2 aliphatic heterocycles. The lowest BCUT2D eigenvalue weighted by Gasteiger charge is -2.20. The lowest BCUT2D eigenvalue weighted by Crippen LogP contribution is -2.39. The monoisotopic (exact) mass is 468 g/mol. The van der Waals surface area contributed by atoms with Crippen LogP contribution in [0.2, 0.25) is 0 Å². The number of nitrogens with zero attached hydrogens (tertiary/aromatic N) is 2. The summed E-state index contributed by atoms with van der Waals surface area (Å²) in [5, 5.41) is 16.3. The minimum Gasteiger partial charge on any atom is -0.388 e. The molecular formula is C22H27F3N4O4. The second-order valence-electron chi connectivity index (χ2n) is 8.38. The predicted octanol–water partition coefficient (Wildman–Crippen LogP) is 1.52. The number of fused-ring (bicyclic) bond motifs is 1. The smallest absolute Gasteiger partial charge is 0.388 e. The molecule has 3 N–H and O–H groups in total. The largest absolute Gasteiger partial charge is 0.416 e. The molecule has 8 nitrogen and oxygen atoms in total. The van der Waals surface area contributed by atoms with E-state index in [1.807, 2.05) is 11.6 Å². The number of aliphatic hydroxyl groups is 1. The number of carbonyl (C=O) groups excluding carboxylic acids is 1. The number of amides is 1. The van der Waals surface area contributed by atoms with Crippen LogP contribution in [0.1, 0.15) is 29.8 Å². The van der Waals surface area contributed by atoms with Crippen molar-refractivity contribution in [2.75, 3.05) is 6.54 Å². The number of hydrogen-bond donors (Lipinski definition) is 3. The van der Waals surface area contributed by atoms with Crippen LogP contribution in [0.5, 0.6) is 0 Å². The molecule has 5 atom stereocenters. The Morgan fingerprint density at radius 2 is 2.06 bits per heavy atom. The van der Waals surface area contributed by atoms with E-state index in [0.717, 1.165) is 11.9 Å². The second kappa shape index (κ2) is 9.80. The third-order valence-corrected chi connectivity index (χ3v) is 6.04. The maximum absolute atomic E-state index is 13.1. The van der Waals surface area contributed by atoms with Crippen LogP contribution in [0.3, 0.4) is 0 Å². The number of hydrogen-bond acceptors (Lipinski definition) is 6. The van der Waals surface area contributed by atoms with E-state index in [0.29, 0.717) is 13.0 Å². The van der Waals surface area contributed by atoms with E-state index in [-0.39, 0.29) is 43.2 Å². The third kappa shape index (κ3) is 5.55. The molecule has 3 heterocycles. The summed E-state index contributed by atoms with van der Waals surface area (Å²) in [6, 6.07) is 5.37. The predicted molar refractivity (Wildman–Crippen MR) is 111 cm³/mol. The number of ether oxygens (including phenoxy) is 2. The standard InChI is InChI=1S/C22H27F3N4O4/c1-29-7-6-27-18(29)12-28-19(30)9-14-8-16-21(32-14)20(31)17(33-16)11-26-10-13-4-2-3-5-15(13)22(23,24)25/h2-7,14,16-17,20-21,26,31H,8-12H2,1H3,(H,28,30)/t14-,16+,17+,20+,21-/m0/s1. The molecule has 180 valence electrons. The fourth-order valence-electron chi connectivity index (χ4n) is 4.33. The zero-order valence-electron chi connectivity index (χ0n) is 18.1. The van der Waals surface area contributed by atoms with Crippen molar-refractivity contribution >= 4 is 5.91 Å². The summed E-state index contributed by atoms with van der Waals surface area (Å²) in [4.78, 5) is 16.4. The third-order valence-electron chi connectivity index (χ3n) is 6.04. The molecule has 2 saturated heterocycles. The Morgan fingerprint density at radius 3 is 2.76 bits per heavy atom. The van der Waals surface area contributed by atoms with E-state index in [4.69, 9.17) is 9.47 Å². The van der Waals surface area contributed by atoms with Gasteiger partial charge in [-0.05, 0) is 11.6 Å². The van der Waals surface area contributed by atoms with Gasteiger partial charge in [0.2, 0.25) is 5.91 Å². The first-order valence-electron chi connectivity index (χ1n) is 10.8. The maximum atomic E-state index is 13.1. The molecule has 4 rings (SSSR count). The van der Waals surface area contributed by atoms with Crippen LogP contribution in [0, 0.1) is 0 Å². The van der Waals surface area contributed by atoms with Gasteiger partial charge in [-0.15, -0.1) is 0 Å². The second-order valence-corrected chi connectivity index (χ2v) is 8.38. The average Bonchev–Trinajstić information content (AvgIpc) is 3.43. The molecule has 0 bridgehead atoms. The molecular weight excluding hydrogens is 441 g/mol. The summed E-state index contributed by atoms with van der Waals surface area (Å²) in [6.07, 6.45) is -3.20. The average molecular weight is 468 g/mol. The normalized spacial score (nSPS) is 27.0. The van der Waals surface area contributed by atoms with Gasteiger partial charge in [-0.25, -0.2) is 4.98 Å². The first-order chi connectivity index (χ1) is 15.7. The summed E-state index contributed by atoms with van der Waals surface area (Å²) in [6.45, 7) is 0.488. The highest BCUT2D eigenvalue weighted by Gasteiger charge is 2.50. The van der Waals surface area contributed by atoms with Crippen LogP contribution in [0.4, 0.5) is 13.2 Å². The maximum Gasteiger partial charge on any atom is 0.416 e. The van der Waals surface area contributed by atoms with Gasteiger partial charge < -0.3 is 29.8 Å². The van der Waals surface area contributed by atoms with Crippen molar-refractivity contribution in [2.45, 2.75) is 62.6 Å². The Morgan fingerprint density at radius 1 is 1.27 bits per heavy atom. The molecule has 2 aromatic rings. The number of benzene rings is 1. The summed E-state index contributed by atoms with van der Waals surface area (Å²) >= 11 is 0. The number of imidazole rings is 1. The molecule has 0 unspecified atom stereocenters. The summed E-state index contributed by atoms with van der Waals surface area (Å²) in [5.41, 5.74) is -0.555. The van der Waals surface area contributed by atoms with E-state index in [1.54, 1.807) is 18.5 Å². The molecule has 2 fully saturated rings. The van der Waals surface area contributed by atoms with Gasteiger partial charge in [0.1, 0.15) is 18.0 Å². The van der Waals surface area contributed by atoms with E-state index < -0.39 is 30.1 Å². The number of nitrogens with one attached hydrogen (secondary N) is 2. The minimum absolute atomic E-state index is 0.00273. The molecule has 33 heavy (non-hydrogen) atoms. The van der Waals surface area contributed by atoms with Crippen LogP contribution >= 0.6 is 0 Å². The summed E-state index contributed by atoms with van der Waals surface area (Å²) < 4.78 is 52.9. The van der Waals surface area contributed by atoms with Gasteiger partial charge in [0.15, 0.2) is 0 Å². The molecule has 2 aliphatic rings. The van der Waals surface area contributed by atoms with Gasteiger partial charge in [0, 0.05) is 39.0 Å². The van der Waals surface area contributed by atoms with Crippen molar-refractivity contribution in [1.29, 1.82) is 0 Å². The number of carbonyl (C=O) groups is 1. The molecule has 1 amide bonds. The Bertz CT molecular complexity index is 967. The minimum atomic E-state index is -4.43. The van der Waals surface area contributed by atoms with Gasteiger partial charge in [0.05, 0.1) is 36.8 Å². The van der Waals surface area contributed by atoms with Crippen LogP contribution in [0.25, 0.3) is 0 Å². The number of aromatic nitrogens is 2. The van der Waals surface area contributed by atoms with E-state index in [2.05, 4.69) is 15.6 Å². The van der Waals surface area contributed by atoms with Gasteiger partial charge in [0.25, 0.3) is 0 Å². The highest BCUT2D eigenvalue weighted by atomic mass is 19.4. The Hall–Kier alpha value is -2.47. The fraction of sp³-hybridized carbons (Fsp3) is 0.545. The zero-order chi connectivity index (χ0) is 23.6. The molecule has 1 aromatic heterocycles.